The molecule has 2 aromatic carbocycles. The Morgan fingerprint density at radius 2 is 1.28 bits per heavy atom. The lowest BCUT2D eigenvalue weighted by Crippen LogP contribution is -2.34. The maximum atomic E-state index is 6.24. The number of hydrogen-bond acceptors (Lipinski definition) is 1. The van der Waals surface area contributed by atoms with Crippen molar-refractivity contribution in [2.75, 3.05) is 6.61 Å². The third-order valence-corrected chi connectivity index (χ3v) is 3.75. The van der Waals surface area contributed by atoms with Crippen LogP contribution in [0.1, 0.15) is 30.4 Å². The van der Waals surface area contributed by atoms with E-state index in [1.807, 2.05) is 0 Å². The zero-order valence-electron chi connectivity index (χ0n) is 10.5. The molecule has 92 valence electrons. The van der Waals surface area contributed by atoms with E-state index < -0.39 is 0 Å². The molecular formula is C17H18O. The van der Waals surface area contributed by atoms with Gasteiger partial charge in [-0.2, -0.15) is 0 Å². The molecule has 1 nitrogen and oxygen atoms in total. The van der Waals surface area contributed by atoms with Crippen molar-refractivity contribution in [1.82, 2.24) is 0 Å². The van der Waals surface area contributed by atoms with Crippen LogP contribution in [-0.2, 0) is 10.3 Å². The Morgan fingerprint density at radius 1 is 0.722 bits per heavy atom. The van der Waals surface area contributed by atoms with Gasteiger partial charge in [0.15, 0.2) is 0 Å². The van der Waals surface area contributed by atoms with Crippen LogP contribution in [0.5, 0.6) is 0 Å². The van der Waals surface area contributed by atoms with Gasteiger partial charge in [-0.15, -0.1) is 0 Å². The Kier molecular flexibility index (Phi) is 3.16. The summed E-state index contributed by atoms with van der Waals surface area (Å²) < 4.78 is 6.24. The second-order valence-electron chi connectivity index (χ2n) is 4.86. The molecule has 0 aromatic heterocycles. The molecule has 1 saturated heterocycles. The van der Waals surface area contributed by atoms with Crippen molar-refractivity contribution in [2.45, 2.75) is 24.9 Å². The van der Waals surface area contributed by atoms with Crippen LogP contribution in [0.4, 0.5) is 0 Å². The average Bonchev–Trinajstić information content (AvgIpc) is 2.50. The summed E-state index contributed by atoms with van der Waals surface area (Å²) in [5.74, 6) is 0. The molecule has 0 atom stereocenters. The van der Waals surface area contributed by atoms with Crippen molar-refractivity contribution in [3.05, 3.63) is 71.8 Å². The van der Waals surface area contributed by atoms with Crippen molar-refractivity contribution < 1.29 is 4.74 Å². The molecule has 0 N–H and O–H groups in total. The van der Waals surface area contributed by atoms with E-state index >= 15 is 0 Å². The van der Waals surface area contributed by atoms with Gasteiger partial charge in [0.2, 0.25) is 0 Å². The monoisotopic (exact) mass is 238 g/mol. The summed E-state index contributed by atoms with van der Waals surface area (Å²) >= 11 is 0. The number of ether oxygens (including phenoxy) is 1. The minimum absolute atomic E-state index is 0.235. The fourth-order valence-corrected chi connectivity index (χ4v) is 2.83. The van der Waals surface area contributed by atoms with Gasteiger partial charge in [0, 0.05) is 6.61 Å². The molecular weight excluding hydrogens is 220 g/mol. The molecule has 0 aliphatic carbocycles. The number of rotatable bonds is 2. The van der Waals surface area contributed by atoms with E-state index in [1.165, 1.54) is 24.0 Å². The molecule has 1 heterocycles. The van der Waals surface area contributed by atoms with Gasteiger partial charge in [0.05, 0.1) is 0 Å². The molecule has 0 spiro atoms. The van der Waals surface area contributed by atoms with E-state index in [0.717, 1.165) is 13.0 Å². The highest BCUT2D eigenvalue weighted by Gasteiger charge is 2.36. The van der Waals surface area contributed by atoms with Crippen LogP contribution >= 0.6 is 0 Å². The van der Waals surface area contributed by atoms with Crippen LogP contribution in [0.15, 0.2) is 60.7 Å². The smallest absolute Gasteiger partial charge is 0.118 e. The summed E-state index contributed by atoms with van der Waals surface area (Å²) in [5.41, 5.74) is 2.31. The van der Waals surface area contributed by atoms with Gasteiger partial charge in [-0.05, 0) is 30.4 Å². The predicted molar refractivity (Wildman–Crippen MR) is 73.5 cm³/mol. The van der Waals surface area contributed by atoms with Gasteiger partial charge in [0.1, 0.15) is 5.60 Å². The number of hydrogen-bond donors (Lipinski definition) is 0. The first-order chi connectivity index (χ1) is 8.92. The second kappa shape index (κ2) is 4.95. The zero-order chi connectivity index (χ0) is 12.3. The standard InChI is InChI=1S/C17H18O/c1-3-9-15(10-4-1)17(13-7-8-14-18-17)16-11-5-2-6-12-16/h1-6,9-12H,7-8,13-14H2. The molecule has 0 amide bonds. The van der Waals surface area contributed by atoms with Crippen molar-refractivity contribution >= 4 is 0 Å². The average molecular weight is 238 g/mol. The lowest BCUT2D eigenvalue weighted by atomic mass is 9.80. The first-order valence-corrected chi connectivity index (χ1v) is 6.67. The molecule has 0 saturated carbocycles. The lowest BCUT2D eigenvalue weighted by molar-refractivity contribution is -0.0533. The highest BCUT2D eigenvalue weighted by atomic mass is 16.5. The predicted octanol–water partition coefficient (Wildman–Crippen LogP) is 4.13. The number of benzene rings is 2. The Hall–Kier alpha value is -1.60. The molecule has 0 radical (unpaired) electrons. The molecule has 0 bridgehead atoms. The summed E-state index contributed by atoms with van der Waals surface area (Å²) in [6, 6.07) is 21.2. The van der Waals surface area contributed by atoms with Crippen LogP contribution < -0.4 is 0 Å². The molecule has 3 rings (SSSR count). The molecule has 1 heteroatoms. The summed E-state index contributed by atoms with van der Waals surface area (Å²) in [6.45, 7) is 0.851. The lowest BCUT2D eigenvalue weighted by Gasteiger charge is -2.38. The molecule has 1 fully saturated rings. The van der Waals surface area contributed by atoms with Crippen molar-refractivity contribution in [3.8, 4) is 0 Å². The molecule has 18 heavy (non-hydrogen) atoms. The summed E-state index contributed by atoms with van der Waals surface area (Å²) in [7, 11) is 0. The molecule has 1 aliphatic heterocycles. The van der Waals surface area contributed by atoms with Crippen LogP contribution in [0.3, 0.4) is 0 Å². The quantitative estimate of drug-likeness (QED) is 0.764. The minimum Gasteiger partial charge on any atom is -0.366 e. The van der Waals surface area contributed by atoms with Crippen LogP contribution in [0, 0.1) is 0 Å². The fraction of sp³-hybridized carbons (Fsp3) is 0.294. The van der Waals surface area contributed by atoms with E-state index in [1.54, 1.807) is 0 Å². The van der Waals surface area contributed by atoms with Gasteiger partial charge in [-0.1, -0.05) is 60.7 Å². The minimum atomic E-state index is -0.235. The summed E-state index contributed by atoms with van der Waals surface area (Å²) in [5, 5.41) is 0. The van der Waals surface area contributed by atoms with Crippen LogP contribution in [0.2, 0.25) is 0 Å². The van der Waals surface area contributed by atoms with Crippen LogP contribution in [0.25, 0.3) is 0 Å². The SMILES string of the molecule is c1ccc(C2(c3ccccc3)CCCCO2)cc1. The van der Waals surface area contributed by atoms with Crippen molar-refractivity contribution in [3.63, 3.8) is 0 Å². The maximum absolute atomic E-state index is 6.24. The first kappa shape index (κ1) is 11.5. The van der Waals surface area contributed by atoms with E-state index in [4.69, 9.17) is 4.74 Å². The van der Waals surface area contributed by atoms with E-state index in [-0.39, 0.29) is 5.60 Å². The molecule has 2 aromatic rings. The summed E-state index contributed by atoms with van der Waals surface area (Å²) in [6.07, 6.45) is 3.46. The summed E-state index contributed by atoms with van der Waals surface area (Å²) in [4.78, 5) is 0. The fourth-order valence-electron chi connectivity index (χ4n) is 2.83. The normalized spacial score (nSPS) is 18.4. The Balaban J connectivity index is 2.10. The Bertz CT molecular complexity index is 442. The third kappa shape index (κ3) is 1.95. The van der Waals surface area contributed by atoms with Gasteiger partial charge < -0.3 is 4.74 Å². The third-order valence-electron chi connectivity index (χ3n) is 3.75. The van der Waals surface area contributed by atoms with E-state index in [2.05, 4.69) is 60.7 Å². The highest BCUT2D eigenvalue weighted by molar-refractivity contribution is 5.36. The maximum Gasteiger partial charge on any atom is 0.118 e. The van der Waals surface area contributed by atoms with Gasteiger partial charge in [0.25, 0.3) is 0 Å². The zero-order valence-corrected chi connectivity index (χ0v) is 10.5. The van der Waals surface area contributed by atoms with E-state index in [9.17, 15) is 0 Å². The first-order valence-electron chi connectivity index (χ1n) is 6.67. The van der Waals surface area contributed by atoms with Gasteiger partial charge in [-0.25, -0.2) is 0 Å². The van der Waals surface area contributed by atoms with Gasteiger partial charge in [-0.3, -0.25) is 0 Å². The Labute approximate surface area is 108 Å². The second-order valence-corrected chi connectivity index (χ2v) is 4.86. The van der Waals surface area contributed by atoms with E-state index in [0.29, 0.717) is 0 Å². The largest absolute Gasteiger partial charge is 0.366 e. The topological polar surface area (TPSA) is 9.23 Å². The van der Waals surface area contributed by atoms with Gasteiger partial charge >= 0.3 is 0 Å². The van der Waals surface area contributed by atoms with Crippen LogP contribution in [-0.4, -0.2) is 6.61 Å². The highest BCUT2D eigenvalue weighted by Crippen LogP contribution is 2.40. The molecule has 0 unspecified atom stereocenters. The Morgan fingerprint density at radius 3 is 1.72 bits per heavy atom. The van der Waals surface area contributed by atoms with Crippen molar-refractivity contribution in [1.29, 1.82) is 0 Å². The molecule has 1 aliphatic rings. The van der Waals surface area contributed by atoms with Crippen molar-refractivity contribution in [2.24, 2.45) is 0 Å².